The summed E-state index contributed by atoms with van der Waals surface area (Å²) in [5, 5.41) is 15.0. The topological polar surface area (TPSA) is 87.1 Å². The number of carbonyl (C=O) groups is 1. The fraction of sp³-hybridized carbons (Fsp3) is 0.312. The van der Waals surface area contributed by atoms with E-state index in [4.69, 9.17) is 16.7 Å². The first kappa shape index (κ1) is 17.2. The Kier molecular flexibility index (Phi) is 6.77. The first-order chi connectivity index (χ1) is 11.2. The molecule has 23 heavy (non-hydrogen) atoms. The lowest BCUT2D eigenvalue weighted by Gasteiger charge is -2.07. The van der Waals surface area contributed by atoms with Crippen LogP contribution in [0.15, 0.2) is 36.7 Å². The fourth-order valence-corrected chi connectivity index (χ4v) is 2.10. The van der Waals surface area contributed by atoms with Gasteiger partial charge in [-0.3, -0.25) is 4.79 Å². The van der Waals surface area contributed by atoms with E-state index in [9.17, 15) is 4.79 Å². The number of unbranched alkanes of at least 4 members (excludes halogenated alkanes) is 2. The Hall–Kier alpha value is -2.18. The second-order valence-electron chi connectivity index (χ2n) is 4.93. The molecule has 0 spiro atoms. The van der Waals surface area contributed by atoms with Crippen LogP contribution in [0.2, 0.25) is 5.02 Å². The number of aliphatic hydroxyl groups excluding tert-OH is 1. The van der Waals surface area contributed by atoms with Crippen LogP contribution in [0.4, 0.5) is 11.5 Å². The minimum absolute atomic E-state index is 0.217. The summed E-state index contributed by atoms with van der Waals surface area (Å²) in [7, 11) is 0. The van der Waals surface area contributed by atoms with E-state index in [1.807, 2.05) is 0 Å². The SMILES string of the molecule is O=C(Nc1ccccc1Cl)c1cnc(NCCCCCO)cn1. The van der Waals surface area contributed by atoms with E-state index in [1.54, 1.807) is 24.3 Å². The molecule has 0 aliphatic carbocycles. The van der Waals surface area contributed by atoms with Crippen LogP contribution in [0.1, 0.15) is 29.8 Å². The van der Waals surface area contributed by atoms with Crippen molar-refractivity contribution in [1.82, 2.24) is 9.97 Å². The van der Waals surface area contributed by atoms with Gasteiger partial charge in [0.05, 0.1) is 23.1 Å². The number of hydrogen-bond donors (Lipinski definition) is 3. The number of benzene rings is 1. The summed E-state index contributed by atoms with van der Waals surface area (Å²) in [5.41, 5.74) is 0.753. The van der Waals surface area contributed by atoms with Gasteiger partial charge in [-0.2, -0.15) is 0 Å². The Morgan fingerprint density at radius 1 is 1.13 bits per heavy atom. The first-order valence-electron chi connectivity index (χ1n) is 7.43. The van der Waals surface area contributed by atoms with Crippen molar-refractivity contribution in [2.24, 2.45) is 0 Å². The lowest BCUT2D eigenvalue weighted by molar-refractivity contribution is 0.102. The van der Waals surface area contributed by atoms with Gasteiger partial charge in [-0.25, -0.2) is 9.97 Å². The second kappa shape index (κ2) is 9.07. The maximum absolute atomic E-state index is 12.1. The standard InChI is InChI=1S/C16H19ClN4O2/c17-12-6-2-3-7-13(12)21-16(23)14-10-20-15(11-19-14)18-8-4-1-5-9-22/h2-3,6-7,10-11,22H,1,4-5,8-9H2,(H,18,20)(H,21,23). The van der Waals surface area contributed by atoms with Gasteiger partial charge in [-0.1, -0.05) is 23.7 Å². The molecule has 3 N–H and O–H groups in total. The molecule has 1 heterocycles. The highest BCUT2D eigenvalue weighted by atomic mass is 35.5. The molecule has 0 aliphatic rings. The number of amides is 1. The summed E-state index contributed by atoms with van der Waals surface area (Å²) < 4.78 is 0. The quantitative estimate of drug-likeness (QED) is 0.646. The number of para-hydroxylation sites is 1. The summed E-state index contributed by atoms with van der Waals surface area (Å²) in [6.45, 7) is 0.967. The van der Waals surface area contributed by atoms with Crippen LogP contribution in [-0.4, -0.2) is 34.1 Å². The monoisotopic (exact) mass is 334 g/mol. The first-order valence-corrected chi connectivity index (χ1v) is 7.81. The minimum atomic E-state index is -0.361. The van der Waals surface area contributed by atoms with Gasteiger partial charge in [0.15, 0.2) is 0 Å². The summed E-state index contributed by atoms with van der Waals surface area (Å²) in [6, 6.07) is 7.00. The van der Waals surface area contributed by atoms with Crippen molar-refractivity contribution >= 4 is 29.0 Å². The maximum atomic E-state index is 12.1. The maximum Gasteiger partial charge on any atom is 0.275 e. The number of aliphatic hydroxyl groups is 1. The molecule has 0 saturated heterocycles. The molecule has 1 aromatic carbocycles. The number of carbonyl (C=O) groups excluding carboxylic acids is 1. The third-order valence-corrected chi connectivity index (χ3v) is 3.48. The molecule has 0 bridgehead atoms. The normalized spacial score (nSPS) is 10.3. The fourth-order valence-electron chi connectivity index (χ4n) is 1.92. The molecule has 7 heteroatoms. The predicted molar refractivity (Wildman–Crippen MR) is 90.9 cm³/mol. The Morgan fingerprint density at radius 2 is 1.96 bits per heavy atom. The van der Waals surface area contributed by atoms with Crippen molar-refractivity contribution in [3.05, 3.63) is 47.4 Å². The Balaban J connectivity index is 1.86. The van der Waals surface area contributed by atoms with Gasteiger partial charge >= 0.3 is 0 Å². The van der Waals surface area contributed by atoms with Gasteiger partial charge in [0.25, 0.3) is 5.91 Å². The van der Waals surface area contributed by atoms with Gasteiger partial charge < -0.3 is 15.7 Å². The molecule has 0 radical (unpaired) electrons. The molecule has 0 aliphatic heterocycles. The van der Waals surface area contributed by atoms with E-state index in [-0.39, 0.29) is 18.2 Å². The van der Waals surface area contributed by atoms with Gasteiger partial charge in [0.2, 0.25) is 0 Å². The van der Waals surface area contributed by atoms with Crippen LogP contribution in [0.5, 0.6) is 0 Å². The average molecular weight is 335 g/mol. The van der Waals surface area contributed by atoms with Crippen molar-refractivity contribution in [2.75, 3.05) is 23.8 Å². The Bertz CT molecular complexity index is 634. The molecule has 2 rings (SSSR count). The van der Waals surface area contributed by atoms with Crippen molar-refractivity contribution in [3.63, 3.8) is 0 Å². The largest absolute Gasteiger partial charge is 0.396 e. The van der Waals surface area contributed by atoms with E-state index in [2.05, 4.69) is 20.6 Å². The van der Waals surface area contributed by atoms with E-state index < -0.39 is 0 Å². The van der Waals surface area contributed by atoms with Crippen LogP contribution in [0, 0.1) is 0 Å². The van der Waals surface area contributed by atoms with E-state index in [0.29, 0.717) is 16.5 Å². The molecule has 1 aromatic heterocycles. The average Bonchev–Trinajstić information content (AvgIpc) is 2.57. The van der Waals surface area contributed by atoms with E-state index >= 15 is 0 Å². The van der Waals surface area contributed by atoms with Crippen molar-refractivity contribution in [2.45, 2.75) is 19.3 Å². The highest BCUT2D eigenvalue weighted by Crippen LogP contribution is 2.20. The van der Waals surface area contributed by atoms with Crippen LogP contribution >= 0.6 is 11.6 Å². The Morgan fingerprint density at radius 3 is 2.65 bits per heavy atom. The number of nitrogens with zero attached hydrogens (tertiary/aromatic N) is 2. The Labute approximate surface area is 139 Å². The molecule has 122 valence electrons. The number of nitrogens with one attached hydrogen (secondary N) is 2. The number of anilines is 2. The predicted octanol–water partition coefficient (Wildman–Crippen LogP) is 2.96. The highest BCUT2D eigenvalue weighted by Gasteiger charge is 2.10. The molecule has 0 saturated carbocycles. The third-order valence-electron chi connectivity index (χ3n) is 3.15. The summed E-state index contributed by atoms with van der Waals surface area (Å²) in [4.78, 5) is 20.4. The number of hydrogen-bond acceptors (Lipinski definition) is 5. The van der Waals surface area contributed by atoms with Crippen LogP contribution < -0.4 is 10.6 Å². The summed E-state index contributed by atoms with van der Waals surface area (Å²) >= 11 is 6.00. The minimum Gasteiger partial charge on any atom is -0.396 e. The smallest absolute Gasteiger partial charge is 0.275 e. The summed E-state index contributed by atoms with van der Waals surface area (Å²) in [5.74, 6) is 0.253. The molecular formula is C16H19ClN4O2. The van der Waals surface area contributed by atoms with Crippen LogP contribution in [0.3, 0.4) is 0 Å². The third kappa shape index (κ3) is 5.50. The zero-order valence-electron chi connectivity index (χ0n) is 12.6. The van der Waals surface area contributed by atoms with Crippen molar-refractivity contribution < 1.29 is 9.90 Å². The van der Waals surface area contributed by atoms with Crippen molar-refractivity contribution in [1.29, 1.82) is 0 Å². The lowest BCUT2D eigenvalue weighted by atomic mass is 10.2. The summed E-state index contributed by atoms with van der Waals surface area (Å²) in [6.07, 6.45) is 5.64. The van der Waals surface area contributed by atoms with Gasteiger partial charge in [0, 0.05) is 13.2 Å². The van der Waals surface area contributed by atoms with E-state index in [0.717, 1.165) is 25.8 Å². The number of rotatable bonds is 8. The molecule has 0 unspecified atom stereocenters. The van der Waals surface area contributed by atoms with Gasteiger partial charge in [0.1, 0.15) is 11.5 Å². The molecule has 6 nitrogen and oxygen atoms in total. The number of halogens is 1. The van der Waals surface area contributed by atoms with E-state index in [1.165, 1.54) is 12.4 Å². The van der Waals surface area contributed by atoms with Gasteiger partial charge in [-0.15, -0.1) is 0 Å². The second-order valence-corrected chi connectivity index (χ2v) is 5.34. The molecular weight excluding hydrogens is 316 g/mol. The molecule has 2 aromatic rings. The van der Waals surface area contributed by atoms with Crippen LogP contribution in [-0.2, 0) is 0 Å². The zero-order chi connectivity index (χ0) is 16.5. The zero-order valence-corrected chi connectivity index (χ0v) is 13.4. The number of aromatic nitrogens is 2. The van der Waals surface area contributed by atoms with Gasteiger partial charge in [-0.05, 0) is 31.4 Å². The molecule has 0 atom stereocenters. The molecule has 0 fully saturated rings. The van der Waals surface area contributed by atoms with Crippen LogP contribution in [0.25, 0.3) is 0 Å². The lowest BCUT2D eigenvalue weighted by Crippen LogP contribution is -2.15. The van der Waals surface area contributed by atoms with Crippen molar-refractivity contribution in [3.8, 4) is 0 Å². The molecule has 1 amide bonds. The highest BCUT2D eigenvalue weighted by molar-refractivity contribution is 6.33.